The summed E-state index contributed by atoms with van der Waals surface area (Å²) in [6, 6.07) is 27.9. The van der Waals surface area contributed by atoms with Crippen LogP contribution in [0.1, 0.15) is 15.9 Å². The SMILES string of the molecule is O=C(c1ccccc1)N1CCN(c2ccc(OCc3ccccc3)cc2)CC1. The molecule has 0 atom stereocenters. The van der Waals surface area contributed by atoms with Gasteiger partial charge in [0, 0.05) is 37.4 Å². The van der Waals surface area contributed by atoms with Crippen LogP contribution in [0.5, 0.6) is 5.75 Å². The van der Waals surface area contributed by atoms with Crippen LogP contribution in [0, 0.1) is 0 Å². The summed E-state index contributed by atoms with van der Waals surface area (Å²) in [5.41, 5.74) is 3.08. The normalized spacial score (nSPS) is 14.0. The molecule has 1 heterocycles. The molecule has 4 nitrogen and oxygen atoms in total. The number of rotatable bonds is 5. The Kier molecular flexibility index (Phi) is 5.57. The Bertz CT molecular complexity index is 887. The molecule has 0 N–H and O–H groups in total. The predicted molar refractivity (Wildman–Crippen MR) is 112 cm³/mol. The van der Waals surface area contributed by atoms with Gasteiger partial charge in [0.05, 0.1) is 0 Å². The zero-order valence-corrected chi connectivity index (χ0v) is 15.8. The quantitative estimate of drug-likeness (QED) is 0.672. The number of ether oxygens (including phenoxy) is 1. The molecule has 0 spiro atoms. The number of anilines is 1. The zero-order valence-electron chi connectivity index (χ0n) is 15.8. The Balaban J connectivity index is 1.30. The van der Waals surface area contributed by atoms with Crippen LogP contribution in [-0.4, -0.2) is 37.0 Å². The Labute approximate surface area is 166 Å². The second kappa shape index (κ2) is 8.61. The fourth-order valence-electron chi connectivity index (χ4n) is 3.43. The van der Waals surface area contributed by atoms with Gasteiger partial charge in [0.2, 0.25) is 0 Å². The molecule has 4 heteroatoms. The van der Waals surface area contributed by atoms with Gasteiger partial charge in [0.15, 0.2) is 0 Å². The van der Waals surface area contributed by atoms with Crippen LogP contribution in [0.4, 0.5) is 5.69 Å². The monoisotopic (exact) mass is 372 g/mol. The molecule has 0 bridgehead atoms. The lowest BCUT2D eigenvalue weighted by molar-refractivity contribution is 0.0747. The summed E-state index contributed by atoms with van der Waals surface area (Å²) in [5, 5.41) is 0. The van der Waals surface area contributed by atoms with Crippen molar-refractivity contribution in [2.75, 3.05) is 31.1 Å². The zero-order chi connectivity index (χ0) is 19.2. The van der Waals surface area contributed by atoms with E-state index in [0.717, 1.165) is 43.1 Å². The van der Waals surface area contributed by atoms with E-state index in [1.165, 1.54) is 5.69 Å². The first-order valence-corrected chi connectivity index (χ1v) is 9.66. The third-order valence-corrected chi connectivity index (χ3v) is 5.04. The van der Waals surface area contributed by atoms with Gasteiger partial charge in [-0.1, -0.05) is 48.5 Å². The van der Waals surface area contributed by atoms with Crippen LogP contribution in [0.3, 0.4) is 0 Å². The van der Waals surface area contributed by atoms with Gasteiger partial charge in [0.1, 0.15) is 12.4 Å². The molecular weight excluding hydrogens is 348 g/mol. The fraction of sp³-hybridized carbons (Fsp3) is 0.208. The van der Waals surface area contributed by atoms with E-state index < -0.39 is 0 Å². The summed E-state index contributed by atoms with van der Waals surface area (Å²) in [4.78, 5) is 16.8. The number of nitrogens with zero attached hydrogens (tertiary/aromatic N) is 2. The topological polar surface area (TPSA) is 32.8 Å². The molecule has 0 aromatic heterocycles. The van der Waals surface area contributed by atoms with E-state index in [1.807, 2.05) is 65.6 Å². The molecule has 3 aromatic carbocycles. The first-order chi connectivity index (χ1) is 13.8. The van der Waals surface area contributed by atoms with E-state index >= 15 is 0 Å². The highest BCUT2D eigenvalue weighted by Gasteiger charge is 2.22. The molecule has 1 saturated heterocycles. The van der Waals surface area contributed by atoms with Crippen LogP contribution in [0.2, 0.25) is 0 Å². The van der Waals surface area contributed by atoms with Gasteiger partial charge in [-0.3, -0.25) is 4.79 Å². The molecule has 0 saturated carbocycles. The van der Waals surface area contributed by atoms with Crippen molar-refractivity contribution in [1.82, 2.24) is 4.90 Å². The second-order valence-corrected chi connectivity index (χ2v) is 6.91. The van der Waals surface area contributed by atoms with Crippen molar-refractivity contribution in [2.24, 2.45) is 0 Å². The number of carbonyl (C=O) groups excluding carboxylic acids is 1. The predicted octanol–water partition coefficient (Wildman–Crippen LogP) is 4.23. The van der Waals surface area contributed by atoms with E-state index in [4.69, 9.17) is 4.74 Å². The minimum Gasteiger partial charge on any atom is -0.489 e. The van der Waals surface area contributed by atoms with E-state index in [-0.39, 0.29) is 5.91 Å². The first-order valence-electron chi connectivity index (χ1n) is 9.66. The van der Waals surface area contributed by atoms with Crippen molar-refractivity contribution in [3.63, 3.8) is 0 Å². The van der Waals surface area contributed by atoms with Crippen LogP contribution in [-0.2, 0) is 6.61 Å². The highest BCUT2D eigenvalue weighted by atomic mass is 16.5. The van der Waals surface area contributed by atoms with Gasteiger partial charge in [0.25, 0.3) is 5.91 Å². The Morgan fingerprint density at radius 1 is 0.750 bits per heavy atom. The number of hydrogen-bond acceptors (Lipinski definition) is 3. The molecule has 0 aliphatic carbocycles. The van der Waals surface area contributed by atoms with Crippen molar-refractivity contribution in [3.8, 4) is 5.75 Å². The van der Waals surface area contributed by atoms with Crippen molar-refractivity contribution in [2.45, 2.75) is 6.61 Å². The standard InChI is InChI=1S/C24H24N2O2/c27-24(21-9-5-2-6-10-21)26-17-15-25(16-18-26)22-11-13-23(14-12-22)28-19-20-7-3-1-4-8-20/h1-14H,15-19H2. The van der Waals surface area contributed by atoms with Gasteiger partial charge >= 0.3 is 0 Å². The van der Waals surface area contributed by atoms with Gasteiger partial charge < -0.3 is 14.5 Å². The Morgan fingerprint density at radius 2 is 1.36 bits per heavy atom. The molecule has 28 heavy (non-hydrogen) atoms. The maximum absolute atomic E-state index is 12.6. The largest absolute Gasteiger partial charge is 0.489 e. The van der Waals surface area contributed by atoms with Gasteiger partial charge in [-0.2, -0.15) is 0 Å². The molecule has 3 aromatic rings. The lowest BCUT2D eigenvalue weighted by Gasteiger charge is -2.36. The molecule has 142 valence electrons. The lowest BCUT2D eigenvalue weighted by Crippen LogP contribution is -2.48. The van der Waals surface area contributed by atoms with E-state index in [0.29, 0.717) is 6.61 Å². The number of benzene rings is 3. The molecule has 1 aliphatic rings. The van der Waals surface area contributed by atoms with Gasteiger partial charge in [-0.15, -0.1) is 0 Å². The van der Waals surface area contributed by atoms with Crippen molar-refractivity contribution in [3.05, 3.63) is 96.1 Å². The summed E-state index contributed by atoms with van der Waals surface area (Å²) < 4.78 is 5.86. The average molecular weight is 372 g/mol. The molecule has 1 amide bonds. The summed E-state index contributed by atoms with van der Waals surface area (Å²) in [5.74, 6) is 0.982. The Morgan fingerprint density at radius 3 is 2.00 bits per heavy atom. The third kappa shape index (κ3) is 4.34. The maximum Gasteiger partial charge on any atom is 0.253 e. The lowest BCUT2D eigenvalue weighted by atomic mass is 10.1. The van der Waals surface area contributed by atoms with Gasteiger partial charge in [-0.05, 0) is 42.0 Å². The summed E-state index contributed by atoms with van der Waals surface area (Å²) in [6.07, 6.45) is 0. The van der Waals surface area contributed by atoms with Crippen LogP contribution in [0.15, 0.2) is 84.9 Å². The number of hydrogen-bond donors (Lipinski definition) is 0. The second-order valence-electron chi connectivity index (χ2n) is 6.91. The number of piperazine rings is 1. The van der Waals surface area contributed by atoms with Crippen molar-refractivity contribution < 1.29 is 9.53 Å². The first kappa shape index (κ1) is 18.1. The van der Waals surface area contributed by atoms with Crippen LogP contribution >= 0.6 is 0 Å². The molecule has 4 rings (SSSR count). The van der Waals surface area contributed by atoms with E-state index in [1.54, 1.807) is 0 Å². The number of carbonyl (C=O) groups is 1. The highest BCUT2D eigenvalue weighted by molar-refractivity contribution is 5.94. The van der Waals surface area contributed by atoms with Crippen LogP contribution < -0.4 is 9.64 Å². The summed E-state index contributed by atoms with van der Waals surface area (Å²) in [7, 11) is 0. The third-order valence-electron chi connectivity index (χ3n) is 5.04. The minimum atomic E-state index is 0.116. The minimum absolute atomic E-state index is 0.116. The molecule has 1 aliphatic heterocycles. The fourth-order valence-corrected chi connectivity index (χ4v) is 3.43. The highest BCUT2D eigenvalue weighted by Crippen LogP contribution is 2.22. The molecule has 0 unspecified atom stereocenters. The van der Waals surface area contributed by atoms with E-state index in [2.05, 4.69) is 29.2 Å². The molecule has 0 radical (unpaired) electrons. The Hall–Kier alpha value is -3.27. The maximum atomic E-state index is 12.6. The molecular formula is C24H24N2O2. The van der Waals surface area contributed by atoms with Crippen LogP contribution in [0.25, 0.3) is 0 Å². The average Bonchev–Trinajstić information content (AvgIpc) is 2.79. The molecule has 1 fully saturated rings. The van der Waals surface area contributed by atoms with Gasteiger partial charge in [-0.25, -0.2) is 0 Å². The van der Waals surface area contributed by atoms with Crippen molar-refractivity contribution in [1.29, 1.82) is 0 Å². The smallest absolute Gasteiger partial charge is 0.253 e. The summed E-state index contributed by atoms with van der Waals surface area (Å²) >= 11 is 0. The number of amides is 1. The van der Waals surface area contributed by atoms with E-state index in [9.17, 15) is 4.79 Å². The summed E-state index contributed by atoms with van der Waals surface area (Å²) in [6.45, 7) is 3.71. The van der Waals surface area contributed by atoms with Crippen molar-refractivity contribution >= 4 is 11.6 Å².